The molecule has 3 rings (SSSR count). The van der Waals surface area contributed by atoms with Crippen LogP contribution in [0.3, 0.4) is 0 Å². The Labute approximate surface area is 135 Å². The number of amides is 1. The smallest absolute Gasteiger partial charge is 0.238 e. The highest BCUT2D eigenvalue weighted by atomic mass is 32.2. The molecule has 22 heavy (non-hydrogen) atoms. The van der Waals surface area contributed by atoms with Gasteiger partial charge in [-0.1, -0.05) is 17.7 Å². The van der Waals surface area contributed by atoms with E-state index in [-0.39, 0.29) is 11.2 Å². The molecule has 0 radical (unpaired) electrons. The molecule has 2 aromatic rings. The standard InChI is InChI=1S/C18H19NO2S/c1-3-21-15-8-6-14(7-9-15)19-18(20)17-11-13-5-4-12(2)10-16(13)22-17/h4-10,17H,3,11H2,1-2H3,(H,19,20). The van der Waals surface area contributed by atoms with E-state index in [1.807, 2.05) is 31.2 Å². The minimum atomic E-state index is -0.0524. The van der Waals surface area contributed by atoms with Gasteiger partial charge in [0.25, 0.3) is 0 Å². The fraction of sp³-hybridized carbons (Fsp3) is 0.278. The molecule has 1 heterocycles. The van der Waals surface area contributed by atoms with Crippen molar-refractivity contribution in [2.75, 3.05) is 11.9 Å². The first kappa shape index (κ1) is 15.0. The number of hydrogen-bond acceptors (Lipinski definition) is 3. The predicted molar refractivity (Wildman–Crippen MR) is 90.8 cm³/mol. The van der Waals surface area contributed by atoms with Crippen LogP contribution in [0.1, 0.15) is 18.1 Å². The molecule has 1 aliphatic heterocycles. The Morgan fingerprint density at radius 3 is 2.77 bits per heavy atom. The predicted octanol–water partition coefficient (Wildman–Crippen LogP) is 4.05. The van der Waals surface area contributed by atoms with Crippen LogP contribution >= 0.6 is 11.8 Å². The highest BCUT2D eigenvalue weighted by Gasteiger charge is 2.28. The summed E-state index contributed by atoms with van der Waals surface area (Å²) in [6.45, 7) is 4.67. The molecule has 0 saturated carbocycles. The van der Waals surface area contributed by atoms with Crippen LogP contribution in [0.15, 0.2) is 47.4 Å². The normalized spacial score (nSPS) is 16.2. The van der Waals surface area contributed by atoms with Crippen LogP contribution in [0.25, 0.3) is 0 Å². The van der Waals surface area contributed by atoms with Crippen molar-refractivity contribution >= 4 is 23.4 Å². The summed E-state index contributed by atoms with van der Waals surface area (Å²) in [5.41, 5.74) is 3.31. The number of hydrogen-bond donors (Lipinski definition) is 1. The van der Waals surface area contributed by atoms with Crippen LogP contribution in [0, 0.1) is 6.92 Å². The molecule has 1 N–H and O–H groups in total. The first-order valence-electron chi connectivity index (χ1n) is 7.45. The molecule has 0 saturated heterocycles. The molecule has 2 aromatic carbocycles. The van der Waals surface area contributed by atoms with Crippen LogP contribution < -0.4 is 10.1 Å². The van der Waals surface area contributed by atoms with Crippen molar-refractivity contribution < 1.29 is 9.53 Å². The van der Waals surface area contributed by atoms with Crippen molar-refractivity contribution in [3.63, 3.8) is 0 Å². The number of fused-ring (bicyclic) bond motifs is 1. The molecule has 0 aliphatic carbocycles. The van der Waals surface area contributed by atoms with Gasteiger partial charge >= 0.3 is 0 Å². The van der Waals surface area contributed by atoms with Crippen molar-refractivity contribution in [3.05, 3.63) is 53.6 Å². The van der Waals surface area contributed by atoms with E-state index in [2.05, 4.69) is 30.4 Å². The molecule has 0 aromatic heterocycles. The SMILES string of the molecule is CCOc1ccc(NC(=O)C2Cc3ccc(C)cc3S2)cc1. The average Bonchev–Trinajstić information content (AvgIpc) is 2.92. The molecule has 0 bridgehead atoms. The third-order valence-corrected chi connectivity index (χ3v) is 4.92. The molecule has 1 unspecified atom stereocenters. The lowest BCUT2D eigenvalue weighted by Gasteiger charge is -2.10. The Balaban J connectivity index is 1.63. The fourth-order valence-electron chi connectivity index (χ4n) is 2.50. The average molecular weight is 313 g/mol. The Hall–Kier alpha value is -1.94. The maximum absolute atomic E-state index is 12.4. The second-order valence-corrected chi connectivity index (χ2v) is 6.61. The summed E-state index contributed by atoms with van der Waals surface area (Å²) in [6, 6.07) is 13.9. The lowest BCUT2D eigenvalue weighted by molar-refractivity contribution is -0.115. The molecular formula is C18H19NO2S. The van der Waals surface area contributed by atoms with Crippen LogP contribution in [0.4, 0.5) is 5.69 Å². The first-order valence-corrected chi connectivity index (χ1v) is 8.33. The van der Waals surface area contributed by atoms with E-state index in [0.717, 1.165) is 17.9 Å². The minimum absolute atomic E-state index is 0.0524. The summed E-state index contributed by atoms with van der Waals surface area (Å²) in [4.78, 5) is 13.6. The van der Waals surface area contributed by atoms with Gasteiger partial charge in [-0.25, -0.2) is 0 Å². The van der Waals surface area contributed by atoms with E-state index in [1.54, 1.807) is 11.8 Å². The third kappa shape index (κ3) is 3.28. The van der Waals surface area contributed by atoms with Gasteiger partial charge in [-0.3, -0.25) is 4.79 Å². The van der Waals surface area contributed by atoms with Crippen LogP contribution in [-0.2, 0) is 11.2 Å². The third-order valence-electron chi connectivity index (χ3n) is 3.62. The summed E-state index contributed by atoms with van der Waals surface area (Å²) in [5.74, 6) is 0.877. The number of thioether (sulfide) groups is 1. The number of nitrogens with one attached hydrogen (secondary N) is 1. The van der Waals surface area contributed by atoms with Crippen LogP contribution in [-0.4, -0.2) is 17.8 Å². The zero-order valence-electron chi connectivity index (χ0n) is 12.8. The fourth-order valence-corrected chi connectivity index (χ4v) is 3.80. The van der Waals surface area contributed by atoms with E-state index < -0.39 is 0 Å². The van der Waals surface area contributed by atoms with Gasteiger partial charge in [-0.15, -0.1) is 11.8 Å². The minimum Gasteiger partial charge on any atom is -0.494 e. The highest BCUT2D eigenvalue weighted by Crippen LogP contribution is 2.38. The van der Waals surface area contributed by atoms with Crippen molar-refractivity contribution in [2.24, 2.45) is 0 Å². The number of carbonyl (C=O) groups is 1. The topological polar surface area (TPSA) is 38.3 Å². The lowest BCUT2D eigenvalue weighted by Crippen LogP contribution is -2.24. The van der Waals surface area contributed by atoms with Crippen molar-refractivity contribution in [2.45, 2.75) is 30.4 Å². The molecule has 4 heteroatoms. The summed E-state index contributed by atoms with van der Waals surface area (Å²) < 4.78 is 5.40. The van der Waals surface area contributed by atoms with E-state index in [1.165, 1.54) is 16.0 Å². The molecule has 3 nitrogen and oxygen atoms in total. The Bertz CT molecular complexity index is 682. The quantitative estimate of drug-likeness (QED) is 0.925. The Kier molecular flexibility index (Phi) is 4.39. The summed E-state index contributed by atoms with van der Waals surface area (Å²) in [7, 11) is 0. The highest BCUT2D eigenvalue weighted by molar-refractivity contribution is 8.01. The molecule has 1 amide bonds. The van der Waals surface area contributed by atoms with Gasteiger partial charge in [-0.2, -0.15) is 0 Å². The summed E-state index contributed by atoms with van der Waals surface area (Å²) in [5, 5.41) is 2.93. The molecule has 0 spiro atoms. The van der Waals surface area contributed by atoms with E-state index in [9.17, 15) is 4.79 Å². The monoisotopic (exact) mass is 313 g/mol. The first-order chi connectivity index (χ1) is 10.7. The molecular weight excluding hydrogens is 294 g/mol. The molecule has 114 valence electrons. The van der Waals surface area contributed by atoms with Crippen molar-refractivity contribution in [1.82, 2.24) is 0 Å². The van der Waals surface area contributed by atoms with Crippen molar-refractivity contribution in [1.29, 1.82) is 0 Å². The van der Waals surface area contributed by atoms with E-state index >= 15 is 0 Å². The van der Waals surface area contributed by atoms with E-state index in [0.29, 0.717) is 6.61 Å². The van der Waals surface area contributed by atoms with Gasteiger partial charge < -0.3 is 10.1 Å². The summed E-state index contributed by atoms with van der Waals surface area (Å²) in [6.07, 6.45) is 0.795. The van der Waals surface area contributed by atoms with Crippen LogP contribution in [0.5, 0.6) is 5.75 Å². The number of carbonyl (C=O) groups excluding carboxylic acids is 1. The number of ether oxygens (including phenoxy) is 1. The number of aryl methyl sites for hydroxylation is 1. The zero-order chi connectivity index (χ0) is 15.5. The Morgan fingerprint density at radius 1 is 1.27 bits per heavy atom. The molecule has 0 fully saturated rings. The van der Waals surface area contributed by atoms with Gasteiger partial charge in [0, 0.05) is 10.6 Å². The van der Waals surface area contributed by atoms with Crippen LogP contribution in [0.2, 0.25) is 0 Å². The summed E-state index contributed by atoms with van der Waals surface area (Å²) >= 11 is 1.65. The zero-order valence-corrected chi connectivity index (χ0v) is 13.6. The second-order valence-electron chi connectivity index (χ2n) is 5.37. The molecule has 1 aliphatic rings. The van der Waals surface area contributed by atoms with Crippen molar-refractivity contribution in [3.8, 4) is 5.75 Å². The second kappa shape index (κ2) is 6.44. The number of benzene rings is 2. The Morgan fingerprint density at radius 2 is 2.05 bits per heavy atom. The largest absolute Gasteiger partial charge is 0.494 e. The van der Waals surface area contributed by atoms with Gasteiger partial charge in [0.15, 0.2) is 0 Å². The van der Waals surface area contributed by atoms with E-state index in [4.69, 9.17) is 4.74 Å². The lowest BCUT2D eigenvalue weighted by atomic mass is 10.1. The maximum atomic E-state index is 12.4. The van der Waals surface area contributed by atoms with Gasteiger partial charge in [0.1, 0.15) is 5.75 Å². The number of rotatable bonds is 4. The maximum Gasteiger partial charge on any atom is 0.238 e. The van der Waals surface area contributed by atoms with Gasteiger partial charge in [0.2, 0.25) is 5.91 Å². The van der Waals surface area contributed by atoms with Gasteiger partial charge in [0.05, 0.1) is 11.9 Å². The molecule has 1 atom stereocenters. The van der Waals surface area contributed by atoms with Gasteiger partial charge in [-0.05, 0) is 56.2 Å². The number of anilines is 1.